The van der Waals surface area contributed by atoms with E-state index in [0.29, 0.717) is 5.56 Å². The van der Waals surface area contributed by atoms with E-state index in [-0.39, 0.29) is 5.75 Å². The van der Waals surface area contributed by atoms with Gasteiger partial charge in [-0.3, -0.25) is 4.79 Å². The van der Waals surface area contributed by atoms with Gasteiger partial charge in [-0.25, -0.2) is 8.42 Å². The highest BCUT2D eigenvalue weighted by atomic mass is 32.2. The minimum Gasteiger partial charge on any atom is -0.743 e. The topological polar surface area (TPSA) is 83.5 Å². The number of benzene rings is 1. The lowest BCUT2D eigenvalue weighted by molar-refractivity contribution is -0.138. The molecule has 19 heavy (non-hydrogen) atoms. The maximum Gasteiger partial charge on any atom is 0.344 e. The van der Waals surface area contributed by atoms with Gasteiger partial charge in [0.2, 0.25) is 0 Å². The molecular formula is C11H9F2O5S-. The van der Waals surface area contributed by atoms with Crippen molar-refractivity contribution in [1.82, 2.24) is 0 Å². The Hall–Kier alpha value is -1.80. The number of rotatable bonds is 5. The first kappa shape index (κ1) is 15.3. The Balaban J connectivity index is 2.73. The van der Waals surface area contributed by atoms with E-state index in [1.54, 1.807) is 0 Å². The van der Waals surface area contributed by atoms with Gasteiger partial charge in [0.05, 0.1) is 0 Å². The summed E-state index contributed by atoms with van der Waals surface area (Å²) >= 11 is 0. The molecule has 0 aliphatic rings. The average molecular weight is 291 g/mol. The Morgan fingerprint density at radius 3 is 2.32 bits per heavy atom. The van der Waals surface area contributed by atoms with Gasteiger partial charge in [-0.05, 0) is 17.7 Å². The molecule has 0 atom stereocenters. The molecule has 0 fully saturated rings. The molecule has 0 unspecified atom stereocenters. The average Bonchev–Trinajstić information content (AvgIpc) is 2.27. The summed E-state index contributed by atoms with van der Waals surface area (Å²) in [7, 11) is -5.90. The summed E-state index contributed by atoms with van der Waals surface area (Å²) in [6, 6.07) is 5.66. The smallest absolute Gasteiger partial charge is 0.344 e. The lowest BCUT2D eigenvalue weighted by atomic mass is 10.2. The van der Waals surface area contributed by atoms with E-state index in [0.717, 1.165) is 0 Å². The second-order valence-corrected chi connectivity index (χ2v) is 5.02. The van der Waals surface area contributed by atoms with Crippen LogP contribution >= 0.6 is 0 Å². The van der Waals surface area contributed by atoms with Crippen LogP contribution in [0.2, 0.25) is 0 Å². The molecule has 0 N–H and O–H groups in total. The molecular weight excluding hydrogens is 282 g/mol. The maximum atomic E-state index is 12.8. The summed E-state index contributed by atoms with van der Waals surface area (Å²) in [5.41, 5.74) is 0.715. The fourth-order valence-corrected chi connectivity index (χ4v) is 1.39. The number of ether oxygens (including phenoxy) is 1. The van der Waals surface area contributed by atoms with E-state index in [1.807, 2.05) is 0 Å². The Morgan fingerprint density at radius 2 is 1.89 bits per heavy atom. The normalized spacial score (nSPS) is 11.9. The van der Waals surface area contributed by atoms with Crippen LogP contribution in [0.15, 0.2) is 30.8 Å². The first-order valence-electron chi connectivity index (χ1n) is 4.92. The van der Waals surface area contributed by atoms with Gasteiger partial charge >= 0.3 is 11.2 Å². The summed E-state index contributed by atoms with van der Waals surface area (Å²) in [5.74, 6) is -1.56. The second-order valence-electron chi connectivity index (χ2n) is 3.52. The van der Waals surface area contributed by atoms with Crippen molar-refractivity contribution in [2.24, 2.45) is 0 Å². The van der Waals surface area contributed by atoms with Crippen LogP contribution in [0, 0.1) is 0 Å². The molecule has 0 aromatic heterocycles. The predicted octanol–water partition coefficient (Wildman–Crippen LogP) is 1.76. The van der Waals surface area contributed by atoms with Crippen molar-refractivity contribution in [3.05, 3.63) is 36.4 Å². The molecule has 8 heteroatoms. The molecule has 0 bridgehead atoms. The third kappa shape index (κ3) is 4.11. The summed E-state index contributed by atoms with van der Waals surface area (Å²) in [6.45, 7) is 3.49. The number of carbonyl (C=O) groups excluding carboxylic acids is 1. The maximum absolute atomic E-state index is 12.8. The zero-order valence-corrected chi connectivity index (χ0v) is 10.3. The van der Waals surface area contributed by atoms with E-state index in [2.05, 4.69) is 11.3 Å². The van der Waals surface area contributed by atoms with Gasteiger partial charge in [0.15, 0.2) is 10.1 Å². The highest BCUT2D eigenvalue weighted by Gasteiger charge is 2.40. The van der Waals surface area contributed by atoms with Crippen LogP contribution in [-0.2, 0) is 14.9 Å². The van der Waals surface area contributed by atoms with Gasteiger partial charge in [-0.2, -0.15) is 8.78 Å². The number of alkyl halides is 2. The molecule has 0 spiro atoms. The summed E-state index contributed by atoms with van der Waals surface area (Å²) in [6.07, 6.45) is -0.314. The van der Waals surface area contributed by atoms with Crippen molar-refractivity contribution in [3.8, 4) is 5.75 Å². The van der Waals surface area contributed by atoms with E-state index < -0.39 is 27.8 Å². The first-order chi connectivity index (χ1) is 8.65. The Labute approximate surface area is 108 Å². The van der Waals surface area contributed by atoms with E-state index in [9.17, 15) is 26.5 Å². The van der Waals surface area contributed by atoms with Crippen molar-refractivity contribution < 1.29 is 31.3 Å². The highest BCUT2D eigenvalue weighted by molar-refractivity contribution is 7.86. The Morgan fingerprint density at radius 1 is 1.37 bits per heavy atom. The lowest BCUT2D eigenvalue weighted by Crippen LogP contribution is -2.32. The minimum absolute atomic E-state index is 0.0466. The van der Waals surface area contributed by atoms with Crippen molar-refractivity contribution in [2.45, 2.75) is 11.7 Å². The zero-order valence-electron chi connectivity index (χ0n) is 9.51. The van der Waals surface area contributed by atoms with E-state index in [4.69, 9.17) is 0 Å². The number of carbonyl (C=O) groups is 1. The van der Waals surface area contributed by atoms with Gasteiger partial charge < -0.3 is 9.29 Å². The van der Waals surface area contributed by atoms with Crippen LogP contribution in [0.1, 0.15) is 12.0 Å². The molecule has 0 heterocycles. The van der Waals surface area contributed by atoms with Gasteiger partial charge in [-0.1, -0.05) is 24.8 Å². The van der Waals surface area contributed by atoms with Crippen LogP contribution in [0.5, 0.6) is 5.75 Å². The molecule has 0 amide bonds. The van der Waals surface area contributed by atoms with Gasteiger partial charge in [0.25, 0.3) is 0 Å². The summed E-state index contributed by atoms with van der Waals surface area (Å²) in [5, 5.41) is -4.69. The lowest BCUT2D eigenvalue weighted by Gasteiger charge is -2.18. The molecule has 1 rings (SSSR count). The largest absolute Gasteiger partial charge is 0.743 e. The van der Waals surface area contributed by atoms with Crippen LogP contribution in [0.3, 0.4) is 0 Å². The minimum atomic E-state index is -5.90. The molecule has 104 valence electrons. The summed E-state index contributed by atoms with van der Waals surface area (Å²) in [4.78, 5) is 11.1. The van der Waals surface area contributed by atoms with Crippen LogP contribution in [-0.4, -0.2) is 24.2 Å². The molecule has 0 aliphatic heterocycles. The second kappa shape index (κ2) is 5.45. The van der Waals surface area contributed by atoms with E-state index >= 15 is 0 Å². The van der Waals surface area contributed by atoms with Crippen LogP contribution < -0.4 is 4.74 Å². The number of hydrogen-bond donors (Lipinski definition) is 0. The van der Waals surface area contributed by atoms with Crippen molar-refractivity contribution in [3.63, 3.8) is 0 Å². The van der Waals surface area contributed by atoms with Crippen LogP contribution in [0.25, 0.3) is 6.08 Å². The van der Waals surface area contributed by atoms with Gasteiger partial charge in [0.1, 0.15) is 12.2 Å². The zero-order chi connectivity index (χ0) is 14.7. The van der Waals surface area contributed by atoms with Crippen LogP contribution in [0.4, 0.5) is 8.78 Å². The number of hydrogen-bond acceptors (Lipinski definition) is 5. The highest BCUT2D eigenvalue weighted by Crippen LogP contribution is 2.25. The Kier molecular flexibility index (Phi) is 4.38. The summed E-state index contributed by atoms with van der Waals surface area (Å²) < 4.78 is 60.7. The predicted molar refractivity (Wildman–Crippen MR) is 61.4 cm³/mol. The Bertz CT molecular complexity index is 578. The fourth-order valence-electron chi connectivity index (χ4n) is 1.10. The number of esters is 1. The molecule has 0 saturated carbocycles. The van der Waals surface area contributed by atoms with Crippen molar-refractivity contribution in [1.29, 1.82) is 0 Å². The van der Waals surface area contributed by atoms with E-state index in [1.165, 1.54) is 30.3 Å². The molecule has 0 saturated heterocycles. The molecule has 1 aromatic carbocycles. The third-order valence-corrected chi connectivity index (χ3v) is 2.94. The quantitative estimate of drug-likeness (QED) is 0.469. The molecule has 0 radical (unpaired) electrons. The first-order valence-corrected chi connectivity index (χ1v) is 6.33. The SMILES string of the molecule is C=Cc1ccc(OC(=O)CC(F)(F)S(=O)(=O)[O-])cc1. The molecule has 5 nitrogen and oxygen atoms in total. The third-order valence-electron chi connectivity index (χ3n) is 2.06. The van der Waals surface area contributed by atoms with Gasteiger partial charge in [0, 0.05) is 0 Å². The standard InChI is InChI=1S/C11H10F2O5S/c1-2-8-3-5-9(6-4-8)18-10(14)7-11(12,13)19(15,16)17/h2-6H,1,7H2,(H,15,16,17)/p-1. The number of halogens is 2. The fraction of sp³-hybridized carbons (Fsp3) is 0.182. The van der Waals surface area contributed by atoms with Gasteiger partial charge in [-0.15, -0.1) is 0 Å². The van der Waals surface area contributed by atoms with Crippen molar-refractivity contribution >= 4 is 22.2 Å². The molecule has 0 aliphatic carbocycles. The molecule has 1 aromatic rings. The monoisotopic (exact) mass is 291 g/mol. The van der Waals surface area contributed by atoms with Crippen molar-refractivity contribution in [2.75, 3.05) is 0 Å².